The molecule has 0 radical (unpaired) electrons. The van der Waals surface area contributed by atoms with Gasteiger partial charge in [-0.2, -0.15) is 0 Å². The van der Waals surface area contributed by atoms with Gasteiger partial charge in [-0.05, 0) is 12.1 Å². The number of rotatable bonds is 4. The lowest BCUT2D eigenvalue weighted by Gasteiger charge is -2.00. The third kappa shape index (κ3) is 2.33. The van der Waals surface area contributed by atoms with Gasteiger partial charge in [0.05, 0.1) is 7.11 Å². The Labute approximate surface area is 92.8 Å². The zero-order valence-corrected chi connectivity index (χ0v) is 9.39. The molecule has 0 saturated heterocycles. The van der Waals surface area contributed by atoms with Crippen molar-refractivity contribution in [2.24, 2.45) is 0 Å². The molecule has 0 amide bonds. The van der Waals surface area contributed by atoms with Crippen LogP contribution in [0.15, 0.2) is 36.5 Å². The van der Waals surface area contributed by atoms with Crippen LogP contribution < -0.4 is 4.89 Å². The first kappa shape index (κ1) is 11.0. The highest BCUT2D eigenvalue weighted by atomic mass is 31.1. The summed E-state index contributed by atoms with van der Waals surface area (Å²) in [7, 11) is -0.990. The second kappa shape index (κ2) is 4.99. The van der Waals surface area contributed by atoms with Crippen LogP contribution in [-0.4, -0.2) is 12.1 Å². The van der Waals surface area contributed by atoms with Gasteiger partial charge in [0.1, 0.15) is 10.2 Å². The molecule has 0 aliphatic rings. The molecule has 0 aliphatic heterocycles. The maximum Gasteiger partial charge on any atom is 0.738 e. The van der Waals surface area contributed by atoms with E-state index in [4.69, 9.17) is 4.89 Å². The smallest absolute Gasteiger partial charge is 0.289 e. The van der Waals surface area contributed by atoms with Gasteiger partial charge in [0.2, 0.25) is 0 Å². The minimum Gasteiger partial charge on any atom is -0.289 e. The van der Waals surface area contributed by atoms with Crippen molar-refractivity contribution in [2.75, 3.05) is 7.11 Å². The Morgan fingerprint density at radius 3 is 2.88 bits per heavy atom. The highest BCUT2D eigenvalue weighted by Crippen LogP contribution is 2.28. The van der Waals surface area contributed by atoms with Gasteiger partial charge < -0.3 is 0 Å². The van der Waals surface area contributed by atoms with Gasteiger partial charge in [0, 0.05) is 16.1 Å². The number of pyridine rings is 1. The first-order valence-electron chi connectivity index (χ1n) is 4.51. The minimum absolute atomic E-state index is 0.401. The van der Waals surface area contributed by atoms with Crippen molar-refractivity contribution in [3.05, 3.63) is 36.5 Å². The fraction of sp³-hybridized carbons (Fsp3) is 0.100. The van der Waals surface area contributed by atoms with Gasteiger partial charge in [0.15, 0.2) is 5.75 Å². The van der Waals surface area contributed by atoms with Crippen molar-refractivity contribution in [1.29, 1.82) is 0 Å². The lowest BCUT2D eigenvalue weighted by molar-refractivity contribution is -0.102. The summed E-state index contributed by atoms with van der Waals surface area (Å²) in [5, 5.41) is 0.913. The molecule has 2 rings (SSSR count). The normalized spacial score (nSPS) is 11.4. The largest absolute Gasteiger partial charge is 0.738 e. The van der Waals surface area contributed by atoms with Crippen LogP contribution in [0.4, 0.5) is 0 Å². The van der Waals surface area contributed by atoms with E-state index in [-0.39, 0.29) is 0 Å². The van der Waals surface area contributed by atoms with E-state index in [0.29, 0.717) is 11.3 Å². The Bertz CT molecular complexity index is 512. The maximum atomic E-state index is 10.9. The van der Waals surface area contributed by atoms with E-state index in [9.17, 15) is 4.57 Å². The number of fused-ring (bicyclic) bond motifs is 1. The van der Waals surface area contributed by atoms with Crippen LogP contribution in [0.25, 0.3) is 10.9 Å². The molecule has 2 aromatic rings. The second-order valence-corrected chi connectivity index (χ2v) is 3.86. The lowest BCUT2D eigenvalue weighted by atomic mass is 10.2. The molecule has 0 aliphatic carbocycles. The molecule has 1 unspecified atom stereocenters. The zero-order valence-electron chi connectivity index (χ0n) is 8.49. The SMILES string of the molecule is CO[P+](=O)OOc1cccc2cccnc12. The van der Waals surface area contributed by atoms with Crippen LogP contribution in [-0.2, 0) is 13.8 Å². The summed E-state index contributed by atoms with van der Waals surface area (Å²) in [6.45, 7) is 0. The number of benzene rings is 1. The Kier molecular flexibility index (Phi) is 3.41. The monoisotopic (exact) mass is 238 g/mol. The number of aromatic nitrogens is 1. The predicted molar refractivity (Wildman–Crippen MR) is 58.1 cm³/mol. The molecule has 0 spiro atoms. The molecule has 0 N–H and O–H groups in total. The molecule has 1 aromatic carbocycles. The molecule has 0 saturated carbocycles. The fourth-order valence-electron chi connectivity index (χ4n) is 1.24. The highest BCUT2D eigenvalue weighted by molar-refractivity contribution is 7.33. The van der Waals surface area contributed by atoms with E-state index in [2.05, 4.69) is 14.2 Å². The second-order valence-electron chi connectivity index (χ2n) is 2.90. The summed E-state index contributed by atoms with van der Waals surface area (Å²) in [5.41, 5.74) is 0.643. The Balaban J connectivity index is 2.27. The van der Waals surface area contributed by atoms with Gasteiger partial charge in [0.25, 0.3) is 0 Å². The molecule has 0 fully saturated rings. The van der Waals surface area contributed by atoms with Crippen LogP contribution in [0, 0.1) is 0 Å². The van der Waals surface area contributed by atoms with E-state index in [1.165, 1.54) is 7.11 Å². The van der Waals surface area contributed by atoms with Crippen LogP contribution in [0.5, 0.6) is 5.75 Å². The maximum absolute atomic E-state index is 10.9. The van der Waals surface area contributed by atoms with Crippen molar-refractivity contribution >= 4 is 19.2 Å². The van der Waals surface area contributed by atoms with E-state index >= 15 is 0 Å². The Hall–Kier alpha value is -1.55. The summed E-state index contributed by atoms with van der Waals surface area (Å²) in [5.74, 6) is 0.401. The molecule has 1 heterocycles. The molecular formula is C10H9NO4P+. The average Bonchev–Trinajstić information content (AvgIpc) is 2.35. The lowest BCUT2D eigenvalue weighted by Crippen LogP contribution is -1.92. The third-order valence-electron chi connectivity index (χ3n) is 1.93. The van der Waals surface area contributed by atoms with E-state index in [1.807, 2.05) is 18.2 Å². The molecule has 82 valence electrons. The molecular weight excluding hydrogens is 229 g/mol. The van der Waals surface area contributed by atoms with Crippen LogP contribution in [0.3, 0.4) is 0 Å². The summed E-state index contributed by atoms with van der Waals surface area (Å²) in [6.07, 6.45) is 1.64. The number of nitrogens with zero attached hydrogens (tertiary/aromatic N) is 1. The van der Waals surface area contributed by atoms with Crippen LogP contribution >= 0.6 is 8.25 Å². The first-order chi connectivity index (χ1) is 7.81. The number of hydrogen-bond donors (Lipinski definition) is 0. The van der Waals surface area contributed by atoms with Gasteiger partial charge >= 0.3 is 8.25 Å². The van der Waals surface area contributed by atoms with Crippen molar-refractivity contribution in [3.63, 3.8) is 0 Å². The van der Waals surface area contributed by atoms with E-state index < -0.39 is 8.25 Å². The van der Waals surface area contributed by atoms with Crippen molar-refractivity contribution in [1.82, 2.24) is 4.98 Å². The van der Waals surface area contributed by atoms with Crippen molar-refractivity contribution in [3.8, 4) is 5.75 Å². The summed E-state index contributed by atoms with van der Waals surface area (Å²) in [6, 6.07) is 9.08. The molecule has 16 heavy (non-hydrogen) atoms. The standard InChI is InChI=1S/C10H9NO4P/c1-13-16(12)15-14-9-6-2-4-8-5-3-7-11-10(8)9/h2-7H,1H3/q+1. The van der Waals surface area contributed by atoms with E-state index in [1.54, 1.807) is 18.3 Å². The topological polar surface area (TPSA) is 57.7 Å². The van der Waals surface area contributed by atoms with Crippen molar-refractivity contribution < 1.29 is 18.7 Å². The van der Waals surface area contributed by atoms with Gasteiger partial charge in [-0.1, -0.05) is 18.2 Å². The molecule has 0 bridgehead atoms. The highest BCUT2D eigenvalue weighted by Gasteiger charge is 2.20. The molecule has 6 heteroatoms. The summed E-state index contributed by atoms with van der Waals surface area (Å²) < 4.78 is 19.8. The van der Waals surface area contributed by atoms with Crippen molar-refractivity contribution in [2.45, 2.75) is 0 Å². The number of hydrogen-bond acceptors (Lipinski definition) is 5. The van der Waals surface area contributed by atoms with Crippen LogP contribution in [0.2, 0.25) is 0 Å². The Morgan fingerprint density at radius 2 is 2.06 bits per heavy atom. The predicted octanol–water partition coefficient (Wildman–Crippen LogP) is 2.85. The third-order valence-corrected chi connectivity index (χ3v) is 2.43. The number of para-hydroxylation sites is 1. The fourth-order valence-corrected chi connectivity index (χ4v) is 1.45. The van der Waals surface area contributed by atoms with Gasteiger partial charge in [-0.15, -0.1) is 4.52 Å². The van der Waals surface area contributed by atoms with Crippen LogP contribution in [0.1, 0.15) is 0 Å². The first-order valence-corrected chi connectivity index (χ1v) is 5.60. The van der Waals surface area contributed by atoms with Gasteiger partial charge in [-0.25, -0.2) is 0 Å². The quantitative estimate of drug-likeness (QED) is 0.465. The summed E-state index contributed by atoms with van der Waals surface area (Å²) in [4.78, 5) is 9.05. The summed E-state index contributed by atoms with van der Waals surface area (Å²) >= 11 is 0. The Morgan fingerprint density at radius 1 is 1.25 bits per heavy atom. The minimum atomic E-state index is -2.26. The molecule has 1 aromatic heterocycles. The molecule has 5 nitrogen and oxygen atoms in total. The molecule has 1 atom stereocenters. The van der Waals surface area contributed by atoms with E-state index in [0.717, 1.165) is 5.39 Å². The zero-order chi connectivity index (χ0) is 11.4. The average molecular weight is 238 g/mol. The van der Waals surface area contributed by atoms with Gasteiger partial charge in [-0.3, -0.25) is 9.87 Å².